The van der Waals surface area contributed by atoms with Crippen molar-refractivity contribution in [3.8, 4) is 5.69 Å². The second-order valence-corrected chi connectivity index (χ2v) is 6.19. The van der Waals surface area contributed by atoms with Crippen LogP contribution < -0.4 is 0 Å². The van der Waals surface area contributed by atoms with E-state index in [9.17, 15) is 0 Å². The third kappa shape index (κ3) is 3.21. The molecule has 124 valence electrons. The molecule has 1 aliphatic rings. The molecule has 1 saturated heterocycles. The molecule has 1 aliphatic heterocycles. The van der Waals surface area contributed by atoms with Crippen LogP contribution in [0.2, 0.25) is 0 Å². The lowest BCUT2D eigenvalue weighted by Crippen LogP contribution is -2.42. The average Bonchev–Trinajstić information content (AvgIpc) is 3.29. The fourth-order valence-corrected chi connectivity index (χ4v) is 3.36. The molecule has 0 spiro atoms. The van der Waals surface area contributed by atoms with Crippen LogP contribution in [0.1, 0.15) is 25.1 Å². The lowest BCUT2D eigenvalue weighted by Gasteiger charge is -2.35. The highest BCUT2D eigenvalue weighted by atomic mass is 15.5. The Hall–Kier alpha value is -2.54. The first-order chi connectivity index (χ1) is 11.9. The standard InChI is InChI=1S/C17H21N7/c1-2-7-15(8-3-1)24-17(19-20-21-24)14-22-11-5-4-9-16(22)13-23-12-6-10-18-23/h1-3,6-8,10,12,16H,4-5,9,11,13-14H2. The Morgan fingerprint density at radius 2 is 2.00 bits per heavy atom. The van der Waals surface area contributed by atoms with E-state index in [1.807, 2.05) is 58.2 Å². The zero-order chi connectivity index (χ0) is 16.2. The molecular formula is C17H21N7. The van der Waals surface area contributed by atoms with Crippen molar-refractivity contribution >= 4 is 0 Å². The number of rotatable bonds is 5. The molecule has 1 aromatic carbocycles. The van der Waals surface area contributed by atoms with E-state index in [0.29, 0.717) is 6.04 Å². The molecule has 7 nitrogen and oxygen atoms in total. The van der Waals surface area contributed by atoms with Gasteiger partial charge in [0, 0.05) is 18.4 Å². The molecule has 0 saturated carbocycles. The predicted octanol–water partition coefficient (Wildman–Crippen LogP) is 1.91. The molecule has 1 unspecified atom stereocenters. The molecule has 2 aromatic heterocycles. The molecule has 0 aliphatic carbocycles. The minimum Gasteiger partial charge on any atom is -0.291 e. The first-order valence-corrected chi connectivity index (χ1v) is 8.44. The minimum atomic E-state index is 0.472. The molecule has 0 radical (unpaired) electrons. The van der Waals surface area contributed by atoms with Gasteiger partial charge >= 0.3 is 0 Å². The fraction of sp³-hybridized carbons (Fsp3) is 0.412. The van der Waals surface area contributed by atoms with Crippen molar-refractivity contribution in [2.24, 2.45) is 0 Å². The van der Waals surface area contributed by atoms with E-state index in [0.717, 1.165) is 31.1 Å². The van der Waals surface area contributed by atoms with E-state index in [2.05, 4.69) is 25.5 Å². The van der Waals surface area contributed by atoms with Crippen molar-refractivity contribution in [3.63, 3.8) is 0 Å². The molecule has 3 aromatic rings. The first kappa shape index (κ1) is 15.0. The van der Waals surface area contributed by atoms with Gasteiger partial charge in [-0.1, -0.05) is 24.6 Å². The largest absolute Gasteiger partial charge is 0.291 e. The summed E-state index contributed by atoms with van der Waals surface area (Å²) in [5.74, 6) is 0.883. The van der Waals surface area contributed by atoms with Gasteiger partial charge < -0.3 is 0 Å². The Labute approximate surface area is 140 Å². The first-order valence-electron chi connectivity index (χ1n) is 8.44. The van der Waals surface area contributed by atoms with E-state index in [4.69, 9.17) is 0 Å². The summed E-state index contributed by atoms with van der Waals surface area (Å²) in [6.07, 6.45) is 7.55. The molecule has 1 atom stereocenters. The van der Waals surface area contributed by atoms with Gasteiger partial charge in [0.2, 0.25) is 0 Å². The molecule has 24 heavy (non-hydrogen) atoms. The van der Waals surface area contributed by atoms with Crippen LogP contribution in [0.4, 0.5) is 0 Å². The number of piperidine rings is 1. The van der Waals surface area contributed by atoms with Crippen LogP contribution in [0.3, 0.4) is 0 Å². The molecule has 3 heterocycles. The van der Waals surface area contributed by atoms with Crippen LogP contribution >= 0.6 is 0 Å². The molecule has 0 N–H and O–H groups in total. The number of nitrogens with zero attached hydrogens (tertiary/aromatic N) is 7. The summed E-state index contributed by atoms with van der Waals surface area (Å²) in [5, 5.41) is 16.7. The fourth-order valence-electron chi connectivity index (χ4n) is 3.36. The second kappa shape index (κ2) is 6.92. The van der Waals surface area contributed by atoms with Crippen molar-refractivity contribution in [2.75, 3.05) is 6.54 Å². The van der Waals surface area contributed by atoms with Crippen LogP contribution in [0.15, 0.2) is 48.8 Å². The number of hydrogen-bond donors (Lipinski definition) is 0. The van der Waals surface area contributed by atoms with Gasteiger partial charge in [-0.2, -0.15) is 9.78 Å². The van der Waals surface area contributed by atoms with Crippen molar-refractivity contribution in [2.45, 2.75) is 38.4 Å². The van der Waals surface area contributed by atoms with E-state index in [-0.39, 0.29) is 0 Å². The van der Waals surface area contributed by atoms with E-state index < -0.39 is 0 Å². The van der Waals surface area contributed by atoms with Gasteiger partial charge in [0.1, 0.15) is 0 Å². The lowest BCUT2D eigenvalue weighted by atomic mass is 10.0. The number of tetrazole rings is 1. The molecule has 1 fully saturated rings. The molecule has 4 rings (SSSR count). The predicted molar refractivity (Wildman–Crippen MR) is 89.4 cm³/mol. The highest BCUT2D eigenvalue weighted by Crippen LogP contribution is 2.21. The normalized spacial score (nSPS) is 18.8. The SMILES string of the molecule is c1ccc(-n2nnnc2CN2CCCCC2Cn2cccn2)cc1. The maximum absolute atomic E-state index is 4.35. The maximum atomic E-state index is 4.35. The van der Waals surface area contributed by atoms with Gasteiger partial charge in [0.15, 0.2) is 5.82 Å². The van der Waals surface area contributed by atoms with E-state index in [1.165, 1.54) is 19.3 Å². The smallest absolute Gasteiger partial charge is 0.170 e. The Morgan fingerprint density at radius 1 is 1.08 bits per heavy atom. The molecular weight excluding hydrogens is 302 g/mol. The van der Waals surface area contributed by atoms with Crippen molar-refractivity contribution in [1.82, 2.24) is 34.9 Å². The third-order valence-electron chi connectivity index (χ3n) is 4.59. The second-order valence-electron chi connectivity index (χ2n) is 6.19. The molecule has 0 amide bonds. The van der Waals surface area contributed by atoms with Gasteiger partial charge in [0.05, 0.1) is 18.8 Å². The highest BCUT2D eigenvalue weighted by Gasteiger charge is 2.25. The average molecular weight is 323 g/mol. The van der Waals surface area contributed by atoms with Gasteiger partial charge in [-0.3, -0.25) is 9.58 Å². The Balaban J connectivity index is 1.52. The van der Waals surface area contributed by atoms with Gasteiger partial charge in [0.25, 0.3) is 0 Å². The van der Waals surface area contributed by atoms with Crippen LogP contribution in [0, 0.1) is 0 Å². The summed E-state index contributed by atoms with van der Waals surface area (Å²) < 4.78 is 3.85. The van der Waals surface area contributed by atoms with E-state index in [1.54, 1.807) is 0 Å². The van der Waals surface area contributed by atoms with E-state index >= 15 is 0 Å². The summed E-state index contributed by atoms with van der Waals surface area (Å²) in [6, 6.07) is 12.5. The monoisotopic (exact) mass is 323 g/mol. The summed E-state index contributed by atoms with van der Waals surface area (Å²) in [5.41, 5.74) is 0.998. The van der Waals surface area contributed by atoms with Crippen LogP contribution in [-0.2, 0) is 13.1 Å². The van der Waals surface area contributed by atoms with Gasteiger partial charge in [-0.25, -0.2) is 0 Å². The summed E-state index contributed by atoms with van der Waals surface area (Å²) in [6.45, 7) is 2.75. The maximum Gasteiger partial charge on any atom is 0.170 e. The van der Waals surface area contributed by atoms with Crippen molar-refractivity contribution in [3.05, 3.63) is 54.6 Å². The Bertz CT molecular complexity index is 750. The lowest BCUT2D eigenvalue weighted by molar-refractivity contribution is 0.118. The number of likely N-dealkylation sites (tertiary alicyclic amines) is 1. The number of hydrogen-bond acceptors (Lipinski definition) is 5. The quantitative estimate of drug-likeness (QED) is 0.718. The Morgan fingerprint density at radius 3 is 2.83 bits per heavy atom. The van der Waals surface area contributed by atoms with Crippen LogP contribution in [-0.4, -0.2) is 47.5 Å². The number of benzene rings is 1. The topological polar surface area (TPSA) is 64.7 Å². The van der Waals surface area contributed by atoms with Gasteiger partial charge in [-0.05, 0) is 48.0 Å². The zero-order valence-electron chi connectivity index (χ0n) is 13.6. The third-order valence-corrected chi connectivity index (χ3v) is 4.59. The van der Waals surface area contributed by atoms with Crippen LogP contribution in [0.5, 0.6) is 0 Å². The number of aromatic nitrogens is 6. The van der Waals surface area contributed by atoms with Crippen molar-refractivity contribution in [1.29, 1.82) is 0 Å². The summed E-state index contributed by atoms with van der Waals surface area (Å²) in [7, 11) is 0. The highest BCUT2D eigenvalue weighted by molar-refractivity contribution is 5.30. The molecule has 0 bridgehead atoms. The summed E-state index contributed by atoms with van der Waals surface area (Å²) in [4.78, 5) is 2.48. The van der Waals surface area contributed by atoms with Gasteiger partial charge in [-0.15, -0.1) is 5.10 Å². The number of para-hydroxylation sites is 1. The van der Waals surface area contributed by atoms with Crippen molar-refractivity contribution < 1.29 is 0 Å². The summed E-state index contributed by atoms with van der Waals surface area (Å²) >= 11 is 0. The zero-order valence-corrected chi connectivity index (χ0v) is 13.6. The molecule has 7 heteroatoms. The van der Waals surface area contributed by atoms with Crippen LogP contribution in [0.25, 0.3) is 5.69 Å². The Kier molecular flexibility index (Phi) is 4.33. The minimum absolute atomic E-state index is 0.472.